The van der Waals surface area contributed by atoms with Crippen LogP contribution in [0.15, 0.2) is 22.7 Å². The Morgan fingerprint density at radius 3 is 2.76 bits per heavy atom. The van der Waals surface area contributed by atoms with Crippen LogP contribution in [-0.2, 0) is 6.54 Å². The Hall–Kier alpha value is -0.120. The maximum atomic E-state index is 13.6. The van der Waals surface area contributed by atoms with Gasteiger partial charge in [0, 0.05) is 28.5 Å². The highest BCUT2D eigenvalue weighted by Gasteiger charge is 2.27. The van der Waals surface area contributed by atoms with Crippen molar-refractivity contribution in [3.8, 4) is 0 Å². The van der Waals surface area contributed by atoms with Crippen LogP contribution in [0.25, 0.3) is 0 Å². The summed E-state index contributed by atoms with van der Waals surface area (Å²) in [6, 6.07) is 5.23. The van der Waals surface area contributed by atoms with Crippen LogP contribution < -0.4 is 0 Å². The lowest BCUT2D eigenvalue weighted by atomic mass is 9.84. The van der Waals surface area contributed by atoms with Gasteiger partial charge in [0.1, 0.15) is 5.82 Å². The number of hydrogen-bond donors (Lipinski definition) is 0. The fourth-order valence-corrected chi connectivity index (χ4v) is 3.09. The van der Waals surface area contributed by atoms with Gasteiger partial charge in [-0.15, -0.1) is 11.6 Å². The quantitative estimate of drug-likeness (QED) is 0.757. The van der Waals surface area contributed by atoms with E-state index in [1.807, 2.05) is 19.2 Å². The molecule has 0 spiro atoms. The van der Waals surface area contributed by atoms with E-state index in [1.54, 1.807) is 0 Å². The second-order valence-electron chi connectivity index (χ2n) is 4.87. The first-order chi connectivity index (χ1) is 8.04. The van der Waals surface area contributed by atoms with Crippen molar-refractivity contribution in [1.82, 2.24) is 4.90 Å². The molecule has 0 amide bonds. The van der Waals surface area contributed by atoms with Gasteiger partial charge in [0.2, 0.25) is 0 Å². The van der Waals surface area contributed by atoms with E-state index < -0.39 is 0 Å². The third-order valence-electron chi connectivity index (χ3n) is 3.20. The molecule has 1 aliphatic carbocycles. The van der Waals surface area contributed by atoms with Crippen LogP contribution in [0.5, 0.6) is 0 Å². The monoisotopic (exact) mass is 319 g/mol. The summed E-state index contributed by atoms with van der Waals surface area (Å²) in [5.74, 6) is 0.538. The summed E-state index contributed by atoms with van der Waals surface area (Å²) in [6.07, 6.45) is 2.18. The van der Waals surface area contributed by atoms with Gasteiger partial charge in [0.05, 0.1) is 0 Å². The molecule has 0 radical (unpaired) electrons. The van der Waals surface area contributed by atoms with Gasteiger partial charge in [-0.1, -0.05) is 22.0 Å². The largest absolute Gasteiger partial charge is 0.302 e. The first-order valence-corrected chi connectivity index (χ1v) is 7.04. The van der Waals surface area contributed by atoms with Gasteiger partial charge >= 0.3 is 0 Å². The molecule has 1 nitrogen and oxygen atoms in total. The molecular formula is C13H16BrClFN. The lowest BCUT2D eigenvalue weighted by Gasteiger charge is -2.34. The molecule has 0 unspecified atom stereocenters. The Morgan fingerprint density at radius 1 is 1.47 bits per heavy atom. The topological polar surface area (TPSA) is 3.24 Å². The third-order valence-corrected chi connectivity index (χ3v) is 4.05. The molecule has 0 aromatic heterocycles. The minimum Gasteiger partial charge on any atom is -0.302 e. The number of benzene rings is 1. The lowest BCUT2D eigenvalue weighted by molar-refractivity contribution is 0.202. The molecule has 2 rings (SSSR count). The van der Waals surface area contributed by atoms with E-state index in [2.05, 4.69) is 20.8 Å². The molecule has 0 atom stereocenters. The molecule has 4 heteroatoms. The number of alkyl halides is 1. The van der Waals surface area contributed by atoms with Crippen molar-refractivity contribution >= 4 is 27.5 Å². The van der Waals surface area contributed by atoms with Crippen molar-refractivity contribution in [2.24, 2.45) is 5.92 Å². The number of nitrogens with zero attached hydrogens (tertiary/aromatic N) is 1. The average molecular weight is 321 g/mol. The Labute approximate surface area is 115 Å². The Balaban J connectivity index is 1.87. The van der Waals surface area contributed by atoms with Gasteiger partial charge in [-0.25, -0.2) is 4.39 Å². The molecule has 17 heavy (non-hydrogen) atoms. The van der Waals surface area contributed by atoms with E-state index in [-0.39, 0.29) is 5.82 Å². The summed E-state index contributed by atoms with van der Waals surface area (Å²) in [5.41, 5.74) is 0.748. The first-order valence-electron chi connectivity index (χ1n) is 5.81. The van der Waals surface area contributed by atoms with Gasteiger partial charge in [-0.05, 0) is 37.9 Å². The van der Waals surface area contributed by atoms with Crippen molar-refractivity contribution in [3.05, 3.63) is 34.1 Å². The van der Waals surface area contributed by atoms with Crippen LogP contribution in [0, 0.1) is 11.7 Å². The molecular weight excluding hydrogens is 305 g/mol. The van der Waals surface area contributed by atoms with E-state index >= 15 is 0 Å². The summed E-state index contributed by atoms with van der Waals surface area (Å²) in [6.45, 7) is 1.65. The van der Waals surface area contributed by atoms with E-state index in [4.69, 9.17) is 11.6 Å². The molecule has 1 saturated carbocycles. The second kappa shape index (κ2) is 5.68. The SMILES string of the molecule is CN(Cc1ccc(Br)cc1F)CC1CC(Cl)C1. The Morgan fingerprint density at radius 2 is 2.18 bits per heavy atom. The van der Waals surface area contributed by atoms with Crippen LogP contribution in [0.1, 0.15) is 18.4 Å². The van der Waals surface area contributed by atoms with Crippen LogP contribution in [0.2, 0.25) is 0 Å². The summed E-state index contributed by atoms with van der Waals surface area (Å²) in [7, 11) is 2.03. The van der Waals surface area contributed by atoms with Crippen molar-refractivity contribution in [3.63, 3.8) is 0 Å². The highest BCUT2D eigenvalue weighted by Crippen LogP contribution is 2.32. The minimum absolute atomic E-state index is 0.143. The Kier molecular flexibility index (Phi) is 4.45. The minimum atomic E-state index is -0.143. The third kappa shape index (κ3) is 3.67. The second-order valence-corrected chi connectivity index (χ2v) is 6.40. The molecule has 0 heterocycles. The van der Waals surface area contributed by atoms with Gasteiger partial charge in [0.15, 0.2) is 0 Å². The fourth-order valence-electron chi connectivity index (χ4n) is 2.25. The molecule has 1 aliphatic rings. The molecule has 0 saturated heterocycles. The van der Waals surface area contributed by atoms with Crippen molar-refractivity contribution < 1.29 is 4.39 Å². The van der Waals surface area contributed by atoms with Gasteiger partial charge < -0.3 is 4.90 Å². The number of rotatable bonds is 4. The van der Waals surface area contributed by atoms with Crippen LogP contribution in [-0.4, -0.2) is 23.9 Å². The normalized spacial score (nSPS) is 23.8. The molecule has 1 fully saturated rings. The highest BCUT2D eigenvalue weighted by molar-refractivity contribution is 9.10. The zero-order valence-corrected chi connectivity index (χ0v) is 12.1. The summed E-state index contributed by atoms with van der Waals surface area (Å²) in [4.78, 5) is 2.17. The first kappa shape index (κ1) is 13.3. The maximum absolute atomic E-state index is 13.6. The van der Waals surface area contributed by atoms with E-state index in [0.717, 1.165) is 29.4 Å². The van der Waals surface area contributed by atoms with Crippen LogP contribution in [0.4, 0.5) is 4.39 Å². The van der Waals surface area contributed by atoms with Gasteiger partial charge in [0.25, 0.3) is 0 Å². The smallest absolute Gasteiger partial charge is 0.128 e. The zero-order chi connectivity index (χ0) is 12.4. The average Bonchev–Trinajstić information content (AvgIpc) is 2.20. The molecule has 0 aliphatic heterocycles. The number of hydrogen-bond acceptors (Lipinski definition) is 1. The van der Waals surface area contributed by atoms with Crippen LogP contribution >= 0.6 is 27.5 Å². The maximum Gasteiger partial charge on any atom is 0.128 e. The fraction of sp³-hybridized carbons (Fsp3) is 0.538. The van der Waals surface area contributed by atoms with E-state index in [9.17, 15) is 4.39 Å². The summed E-state index contributed by atoms with van der Waals surface area (Å²) >= 11 is 9.21. The zero-order valence-electron chi connectivity index (χ0n) is 9.80. The highest BCUT2D eigenvalue weighted by atomic mass is 79.9. The molecule has 0 N–H and O–H groups in total. The molecule has 0 bridgehead atoms. The lowest BCUT2D eigenvalue weighted by Crippen LogP contribution is -2.34. The van der Waals surface area contributed by atoms with E-state index in [1.165, 1.54) is 6.07 Å². The van der Waals surface area contributed by atoms with E-state index in [0.29, 0.717) is 17.8 Å². The predicted molar refractivity (Wildman–Crippen MR) is 72.8 cm³/mol. The van der Waals surface area contributed by atoms with Gasteiger partial charge in [-0.2, -0.15) is 0 Å². The standard InChI is InChI=1S/C13H16BrClFN/c1-17(7-9-4-12(15)5-9)8-10-2-3-11(14)6-13(10)16/h2-3,6,9,12H,4-5,7-8H2,1H3. The van der Waals surface area contributed by atoms with Crippen LogP contribution in [0.3, 0.4) is 0 Å². The molecule has 94 valence electrons. The summed E-state index contributed by atoms with van der Waals surface area (Å²) in [5, 5.41) is 0.359. The number of halogens is 3. The van der Waals surface area contributed by atoms with Crippen molar-refractivity contribution in [2.45, 2.75) is 24.8 Å². The molecule has 1 aromatic carbocycles. The Bertz CT molecular complexity index is 393. The summed E-state index contributed by atoms with van der Waals surface area (Å²) < 4.78 is 14.4. The van der Waals surface area contributed by atoms with Crippen molar-refractivity contribution in [2.75, 3.05) is 13.6 Å². The predicted octanol–water partition coefficient (Wildman–Crippen LogP) is 4.04. The van der Waals surface area contributed by atoms with Gasteiger partial charge in [-0.3, -0.25) is 0 Å². The van der Waals surface area contributed by atoms with Crippen molar-refractivity contribution in [1.29, 1.82) is 0 Å². The molecule has 1 aromatic rings.